The molecule has 6 heteroatoms. The molecule has 1 heterocycles. The molecule has 1 aromatic heterocycles. The van der Waals surface area contributed by atoms with Crippen molar-refractivity contribution in [3.8, 4) is 0 Å². The predicted molar refractivity (Wildman–Crippen MR) is 72.4 cm³/mol. The maximum Gasteiger partial charge on any atom is 0.303 e. The molecule has 0 aliphatic carbocycles. The molecule has 0 aliphatic rings. The van der Waals surface area contributed by atoms with Crippen LogP contribution in [0.5, 0.6) is 0 Å². The van der Waals surface area contributed by atoms with Gasteiger partial charge in [0.15, 0.2) is 0 Å². The first-order valence-electron chi connectivity index (χ1n) is 5.84. The van der Waals surface area contributed by atoms with Crippen LogP contribution in [0.15, 0.2) is 11.4 Å². The highest BCUT2D eigenvalue weighted by atomic mass is 35.5. The molecule has 0 unspecified atom stereocenters. The Labute approximate surface area is 115 Å². The largest absolute Gasteiger partial charge is 0.481 e. The van der Waals surface area contributed by atoms with E-state index < -0.39 is 5.97 Å². The molecule has 0 aliphatic heterocycles. The van der Waals surface area contributed by atoms with E-state index in [0.717, 1.165) is 19.3 Å². The third-order valence-electron chi connectivity index (χ3n) is 2.43. The number of carbonyl (C=O) groups excluding carboxylic acids is 1. The van der Waals surface area contributed by atoms with Gasteiger partial charge in [0.05, 0.1) is 5.02 Å². The molecule has 0 aromatic carbocycles. The van der Waals surface area contributed by atoms with Crippen LogP contribution in [0.4, 0.5) is 0 Å². The van der Waals surface area contributed by atoms with Gasteiger partial charge in [0.1, 0.15) is 4.88 Å². The maximum atomic E-state index is 11.6. The average molecular weight is 290 g/mol. The number of carboxylic acid groups (broad SMARTS) is 1. The van der Waals surface area contributed by atoms with Gasteiger partial charge in [-0.15, -0.1) is 11.3 Å². The fraction of sp³-hybridized carbons (Fsp3) is 0.500. The number of rotatable bonds is 8. The van der Waals surface area contributed by atoms with E-state index in [0.29, 0.717) is 22.9 Å². The van der Waals surface area contributed by atoms with Crippen LogP contribution in [-0.2, 0) is 4.79 Å². The number of nitrogens with one attached hydrogen (secondary N) is 1. The van der Waals surface area contributed by atoms with Gasteiger partial charge < -0.3 is 10.4 Å². The summed E-state index contributed by atoms with van der Waals surface area (Å²) in [6.07, 6.45) is 3.57. The summed E-state index contributed by atoms with van der Waals surface area (Å²) in [6.45, 7) is 0.597. The zero-order valence-corrected chi connectivity index (χ0v) is 11.5. The molecule has 0 spiro atoms. The molecule has 0 saturated carbocycles. The minimum atomic E-state index is -0.754. The summed E-state index contributed by atoms with van der Waals surface area (Å²) in [6, 6.07) is 1.70. The summed E-state index contributed by atoms with van der Waals surface area (Å²) < 4.78 is 0. The molecule has 0 fully saturated rings. The highest BCUT2D eigenvalue weighted by molar-refractivity contribution is 7.12. The third-order valence-corrected chi connectivity index (χ3v) is 3.77. The summed E-state index contributed by atoms with van der Waals surface area (Å²) in [7, 11) is 0. The number of halogens is 1. The first-order chi connectivity index (χ1) is 8.61. The van der Waals surface area contributed by atoms with E-state index in [1.165, 1.54) is 11.3 Å². The monoisotopic (exact) mass is 289 g/mol. The van der Waals surface area contributed by atoms with Gasteiger partial charge in [0.25, 0.3) is 5.91 Å². The van der Waals surface area contributed by atoms with Crippen molar-refractivity contribution in [2.75, 3.05) is 6.54 Å². The molecular weight excluding hydrogens is 274 g/mol. The Hall–Kier alpha value is -1.07. The molecule has 2 N–H and O–H groups in total. The van der Waals surface area contributed by atoms with Crippen LogP contribution in [0, 0.1) is 0 Å². The second kappa shape index (κ2) is 8.11. The molecule has 100 valence electrons. The standard InChI is InChI=1S/C12H16ClNO3S/c13-9-6-8-18-11(9)12(17)14-7-4-2-1-3-5-10(15)16/h6,8H,1-5,7H2,(H,14,17)(H,15,16). The number of amides is 1. The zero-order valence-electron chi connectivity index (χ0n) is 9.95. The van der Waals surface area contributed by atoms with Crippen LogP contribution in [0.3, 0.4) is 0 Å². The van der Waals surface area contributed by atoms with E-state index in [1.807, 2.05) is 0 Å². The number of carboxylic acids is 1. The van der Waals surface area contributed by atoms with Crippen molar-refractivity contribution in [3.05, 3.63) is 21.3 Å². The molecule has 0 saturated heterocycles. The van der Waals surface area contributed by atoms with E-state index >= 15 is 0 Å². The number of unbranched alkanes of at least 4 members (excludes halogenated alkanes) is 3. The molecule has 0 atom stereocenters. The smallest absolute Gasteiger partial charge is 0.303 e. The van der Waals surface area contributed by atoms with Crippen LogP contribution in [0.25, 0.3) is 0 Å². The number of hydrogen-bond donors (Lipinski definition) is 2. The maximum absolute atomic E-state index is 11.6. The number of carbonyl (C=O) groups is 2. The predicted octanol–water partition coefficient (Wildman–Crippen LogP) is 3.17. The van der Waals surface area contributed by atoms with Gasteiger partial charge in [-0.2, -0.15) is 0 Å². The molecule has 1 aromatic rings. The lowest BCUT2D eigenvalue weighted by molar-refractivity contribution is -0.137. The lowest BCUT2D eigenvalue weighted by atomic mass is 10.1. The van der Waals surface area contributed by atoms with Crippen molar-refractivity contribution in [1.29, 1.82) is 0 Å². The second-order valence-electron chi connectivity index (χ2n) is 3.91. The molecule has 0 bridgehead atoms. The average Bonchev–Trinajstić information content (AvgIpc) is 2.73. The topological polar surface area (TPSA) is 66.4 Å². The summed E-state index contributed by atoms with van der Waals surface area (Å²) >= 11 is 7.16. The molecule has 1 rings (SSSR count). The third kappa shape index (κ3) is 5.51. The Kier molecular flexibility index (Phi) is 6.75. The summed E-state index contributed by atoms with van der Waals surface area (Å²) in [5, 5.41) is 13.5. The van der Waals surface area contributed by atoms with Crippen LogP contribution in [0.2, 0.25) is 5.02 Å². The highest BCUT2D eigenvalue weighted by Crippen LogP contribution is 2.21. The molecule has 0 radical (unpaired) electrons. The normalized spacial score (nSPS) is 10.3. The number of aliphatic carboxylic acids is 1. The van der Waals surface area contributed by atoms with Gasteiger partial charge in [-0.25, -0.2) is 0 Å². The van der Waals surface area contributed by atoms with Gasteiger partial charge in [0.2, 0.25) is 0 Å². The molecule has 4 nitrogen and oxygen atoms in total. The van der Waals surface area contributed by atoms with Crippen molar-refractivity contribution in [2.24, 2.45) is 0 Å². The highest BCUT2D eigenvalue weighted by Gasteiger charge is 2.10. The Morgan fingerprint density at radius 1 is 1.28 bits per heavy atom. The van der Waals surface area contributed by atoms with Crippen molar-refractivity contribution >= 4 is 34.8 Å². The van der Waals surface area contributed by atoms with Gasteiger partial charge in [0, 0.05) is 13.0 Å². The lowest BCUT2D eigenvalue weighted by Gasteiger charge is -2.03. The van der Waals surface area contributed by atoms with Crippen LogP contribution in [0.1, 0.15) is 41.8 Å². The van der Waals surface area contributed by atoms with Crippen LogP contribution < -0.4 is 5.32 Å². The summed E-state index contributed by atoms with van der Waals surface area (Å²) in [5.41, 5.74) is 0. The van der Waals surface area contributed by atoms with Crippen molar-refractivity contribution in [3.63, 3.8) is 0 Å². The van der Waals surface area contributed by atoms with Gasteiger partial charge in [-0.1, -0.05) is 24.4 Å². The molecular formula is C12H16ClNO3S. The molecule has 1 amide bonds. The molecule has 18 heavy (non-hydrogen) atoms. The summed E-state index contributed by atoms with van der Waals surface area (Å²) in [4.78, 5) is 22.5. The Morgan fingerprint density at radius 3 is 2.61 bits per heavy atom. The summed E-state index contributed by atoms with van der Waals surface area (Å²) in [5.74, 6) is -0.892. The van der Waals surface area contributed by atoms with Crippen LogP contribution >= 0.6 is 22.9 Å². The fourth-order valence-electron chi connectivity index (χ4n) is 1.49. The van der Waals surface area contributed by atoms with Crippen molar-refractivity contribution in [1.82, 2.24) is 5.32 Å². The van der Waals surface area contributed by atoms with E-state index in [-0.39, 0.29) is 12.3 Å². The minimum absolute atomic E-state index is 0.138. The van der Waals surface area contributed by atoms with Crippen molar-refractivity contribution < 1.29 is 14.7 Å². The number of hydrogen-bond acceptors (Lipinski definition) is 3. The Morgan fingerprint density at radius 2 is 2.00 bits per heavy atom. The zero-order chi connectivity index (χ0) is 13.4. The minimum Gasteiger partial charge on any atom is -0.481 e. The Bertz CT molecular complexity index is 406. The fourth-order valence-corrected chi connectivity index (χ4v) is 2.55. The van der Waals surface area contributed by atoms with E-state index in [1.54, 1.807) is 11.4 Å². The van der Waals surface area contributed by atoms with E-state index in [9.17, 15) is 9.59 Å². The first kappa shape index (κ1) is 15.0. The van der Waals surface area contributed by atoms with Crippen molar-refractivity contribution in [2.45, 2.75) is 32.1 Å². The lowest BCUT2D eigenvalue weighted by Crippen LogP contribution is -2.23. The van der Waals surface area contributed by atoms with Gasteiger partial charge >= 0.3 is 5.97 Å². The SMILES string of the molecule is O=C(O)CCCCCCNC(=O)c1sccc1Cl. The Balaban J connectivity index is 2.06. The van der Waals surface area contributed by atoms with E-state index in [2.05, 4.69) is 5.32 Å². The quantitative estimate of drug-likeness (QED) is 0.722. The second-order valence-corrected chi connectivity index (χ2v) is 5.23. The van der Waals surface area contributed by atoms with Gasteiger partial charge in [-0.05, 0) is 24.3 Å². The first-order valence-corrected chi connectivity index (χ1v) is 7.10. The van der Waals surface area contributed by atoms with Gasteiger partial charge in [-0.3, -0.25) is 9.59 Å². The van der Waals surface area contributed by atoms with E-state index in [4.69, 9.17) is 16.7 Å². The van der Waals surface area contributed by atoms with Crippen LogP contribution in [-0.4, -0.2) is 23.5 Å². The number of thiophene rings is 1.